The molecule has 0 spiro atoms. The van der Waals surface area contributed by atoms with Crippen molar-refractivity contribution in [2.24, 2.45) is 7.05 Å². The lowest BCUT2D eigenvalue weighted by Gasteiger charge is -2.35. The molecule has 1 aliphatic heterocycles. The van der Waals surface area contributed by atoms with Gasteiger partial charge in [-0.2, -0.15) is 0 Å². The van der Waals surface area contributed by atoms with Crippen LogP contribution in [0.5, 0.6) is 5.75 Å². The standard InChI is InChI=1S/C20H28N4O2/c1-14(2)17-6-5-16(11-15(17)3)26-13-19(25)24-10-7-21-12-18(24)20-22-8-9-23(20)4/h5-6,8-9,11,14,18,21H,7,10,12-13H2,1-4H3. The van der Waals surface area contributed by atoms with Gasteiger partial charge in [0.2, 0.25) is 0 Å². The largest absolute Gasteiger partial charge is 0.484 e. The minimum Gasteiger partial charge on any atom is -0.484 e. The van der Waals surface area contributed by atoms with Crippen LogP contribution in [-0.2, 0) is 11.8 Å². The van der Waals surface area contributed by atoms with Crippen molar-refractivity contribution in [3.8, 4) is 5.75 Å². The Labute approximate surface area is 155 Å². The van der Waals surface area contributed by atoms with Gasteiger partial charge in [0.1, 0.15) is 17.6 Å². The summed E-state index contributed by atoms with van der Waals surface area (Å²) in [5.41, 5.74) is 2.50. The van der Waals surface area contributed by atoms with Gasteiger partial charge >= 0.3 is 0 Å². The summed E-state index contributed by atoms with van der Waals surface area (Å²) in [7, 11) is 1.95. The lowest BCUT2D eigenvalue weighted by Crippen LogP contribution is -2.50. The first-order valence-electron chi connectivity index (χ1n) is 9.18. The molecule has 3 rings (SSSR count). The Hall–Kier alpha value is -2.34. The molecule has 1 amide bonds. The Morgan fingerprint density at radius 3 is 2.88 bits per heavy atom. The van der Waals surface area contributed by atoms with Gasteiger partial charge < -0.3 is 19.5 Å². The summed E-state index contributed by atoms with van der Waals surface area (Å²) in [6.45, 7) is 8.63. The zero-order chi connectivity index (χ0) is 18.7. The van der Waals surface area contributed by atoms with Gasteiger partial charge in [-0.25, -0.2) is 4.98 Å². The van der Waals surface area contributed by atoms with Crippen molar-refractivity contribution in [3.05, 3.63) is 47.5 Å². The Morgan fingerprint density at radius 2 is 2.23 bits per heavy atom. The lowest BCUT2D eigenvalue weighted by atomic mass is 9.98. The topological polar surface area (TPSA) is 59.4 Å². The van der Waals surface area contributed by atoms with Crippen molar-refractivity contribution in [1.29, 1.82) is 0 Å². The summed E-state index contributed by atoms with van der Waals surface area (Å²) in [5, 5.41) is 3.35. The Bertz CT molecular complexity index is 769. The Balaban J connectivity index is 1.67. The number of hydrogen-bond donors (Lipinski definition) is 1. The van der Waals surface area contributed by atoms with E-state index in [1.165, 1.54) is 11.1 Å². The van der Waals surface area contributed by atoms with E-state index in [0.717, 1.165) is 18.1 Å². The zero-order valence-corrected chi connectivity index (χ0v) is 16.0. The third-order valence-electron chi connectivity index (χ3n) is 4.95. The molecule has 1 aromatic carbocycles. The first-order chi connectivity index (χ1) is 12.5. The molecular formula is C20H28N4O2. The highest BCUT2D eigenvalue weighted by Crippen LogP contribution is 2.24. The normalized spacial score (nSPS) is 17.6. The van der Waals surface area contributed by atoms with E-state index in [1.54, 1.807) is 6.20 Å². The van der Waals surface area contributed by atoms with Gasteiger partial charge in [-0.3, -0.25) is 4.79 Å². The van der Waals surface area contributed by atoms with Gasteiger partial charge in [0.05, 0.1) is 0 Å². The fraction of sp³-hybridized carbons (Fsp3) is 0.500. The number of hydrogen-bond acceptors (Lipinski definition) is 4. The second-order valence-electron chi connectivity index (χ2n) is 7.17. The Kier molecular flexibility index (Phi) is 5.61. The molecular weight excluding hydrogens is 328 g/mol. The molecule has 0 bridgehead atoms. The number of carbonyl (C=O) groups is 1. The fourth-order valence-electron chi connectivity index (χ4n) is 3.55. The molecule has 6 heteroatoms. The van der Waals surface area contributed by atoms with Gasteiger partial charge in [-0.05, 0) is 36.1 Å². The van der Waals surface area contributed by atoms with Gasteiger partial charge in [0.15, 0.2) is 6.61 Å². The molecule has 6 nitrogen and oxygen atoms in total. The number of rotatable bonds is 5. The van der Waals surface area contributed by atoms with Crippen LogP contribution in [0.15, 0.2) is 30.6 Å². The molecule has 1 fully saturated rings. The molecule has 0 saturated carbocycles. The zero-order valence-electron chi connectivity index (χ0n) is 16.0. The molecule has 1 N–H and O–H groups in total. The molecule has 1 aromatic heterocycles. The predicted octanol–water partition coefficient (Wildman–Crippen LogP) is 2.40. The smallest absolute Gasteiger partial charge is 0.261 e. The highest BCUT2D eigenvalue weighted by atomic mass is 16.5. The number of nitrogens with zero attached hydrogens (tertiary/aromatic N) is 3. The van der Waals surface area contributed by atoms with Crippen LogP contribution in [-0.4, -0.2) is 46.6 Å². The third kappa shape index (κ3) is 3.90. The van der Waals surface area contributed by atoms with E-state index in [0.29, 0.717) is 19.0 Å². The Morgan fingerprint density at radius 1 is 1.42 bits per heavy atom. The van der Waals surface area contributed by atoms with E-state index in [1.807, 2.05) is 34.8 Å². The van der Waals surface area contributed by atoms with Crippen molar-refractivity contribution in [3.63, 3.8) is 0 Å². The van der Waals surface area contributed by atoms with E-state index >= 15 is 0 Å². The maximum absolute atomic E-state index is 12.8. The summed E-state index contributed by atoms with van der Waals surface area (Å²) >= 11 is 0. The van der Waals surface area contributed by atoms with Crippen molar-refractivity contribution in [2.75, 3.05) is 26.2 Å². The molecule has 1 aliphatic rings. The number of ether oxygens (including phenoxy) is 1. The van der Waals surface area contributed by atoms with E-state index in [4.69, 9.17) is 4.74 Å². The van der Waals surface area contributed by atoms with Crippen molar-refractivity contribution in [2.45, 2.75) is 32.7 Å². The van der Waals surface area contributed by atoms with E-state index < -0.39 is 0 Å². The van der Waals surface area contributed by atoms with E-state index in [-0.39, 0.29) is 18.6 Å². The van der Waals surface area contributed by atoms with E-state index in [9.17, 15) is 4.79 Å². The van der Waals surface area contributed by atoms with Crippen LogP contribution in [0.25, 0.3) is 0 Å². The van der Waals surface area contributed by atoms with Crippen LogP contribution in [0.3, 0.4) is 0 Å². The number of aromatic nitrogens is 2. The molecule has 1 atom stereocenters. The maximum Gasteiger partial charge on any atom is 0.261 e. The molecule has 0 aliphatic carbocycles. The van der Waals surface area contributed by atoms with E-state index in [2.05, 4.69) is 37.1 Å². The third-order valence-corrected chi connectivity index (χ3v) is 4.95. The number of piperazine rings is 1. The number of imidazole rings is 1. The second kappa shape index (κ2) is 7.91. The number of carbonyl (C=O) groups excluding carboxylic acids is 1. The average Bonchev–Trinajstić information content (AvgIpc) is 3.05. The van der Waals surface area contributed by atoms with Gasteiger partial charge in [0.25, 0.3) is 5.91 Å². The molecule has 0 radical (unpaired) electrons. The second-order valence-corrected chi connectivity index (χ2v) is 7.17. The van der Waals surface area contributed by atoms with Crippen molar-refractivity contribution in [1.82, 2.24) is 19.8 Å². The number of amides is 1. The number of aryl methyl sites for hydroxylation is 2. The SMILES string of the molecule is Cc1cc(OCC(=O)N2CCNCC2c2nccn2C)ccc1C(C)C. The molecule has 1 unspecified atom stereocenters. The average molecular weight is 356 g/mol. The first kappa shape index (κ1) is 18.5. The summed E-state index contributed by atoms with van der Waals surface area (Å²) in [6.07, 6.45) is 3.67. The van der Waals surface area contributed by atoms with Crippen LogP contribution in [0.4, 0.5) is 0 Å². The monoisotopic (exact) mass is 356 g/mol. The fourth-order valence-corrected chi connectivity index (χ4v) is 3.55. The van der Waals surface area contributed by atoms with Crippen molar-refractivity contribution < 1.29 is 9.53 Å². The summed E-state index contributed by atoms with van der Waals surface area (Å²) < 4.78 is 7.76. The maximum atomic E-state index is 12.8. The van der Waals surface area contributed by atoms with Crippen LogP contribution in [0, 0.1) is 6.92 Å². The molecule has 2 heterocycles. The van der Waals surface area contributed by atoms with Crippen molar-refractivity contribution >= 4 is 5.91 Å². The molecule has 140 valence electrons. The highest BCUT2D eigenvalue weighted by Gasteiger charge is 2.30. The van der Waals surface area contributed by atoms with Crippen LogP contribution in [0.1, 0.15) is 42.8 Å². The number of benzene rings is 1. The van der Waals surface area contributed by atoms with Gasteiger partial charge in [0, 0.05) is 39.1 Å². The quantitative estimate of drug-likeness (QED) is 0.894. The van der Waals surface area contributed by atoms with Crippen LogP contribution >= 0.6 is 0 Å². The predicted molar refractivity (Wildman–Crippen MR) is 101 cm³/mol. The molecule has 1 saturated heterocycles. The molecule has 26 heavy (non-hydrogen) atoms. The van der Waals surface area contributed by atoms with Crippen LogP contribution < -0.4 is 10.1 Å². The highest BCUT2D eigenvalue weighted by molar-refractivity contribution is 5.78. The molecule has 2 aromatic rings. The lowest BCUT2D eigenvalue weighted by molar-refractivity contribution is -0.137. The van der Waals surface area contributed by atoms with Gasteiger partial charge in [-0.15, -0.1) is 0 Å². The summed E-state index contributed by atoms with van der Waals surface area (Å²) in [4.78, 5) is 19.1. The minimum absolute atomic E-state index is 0.00918. The van der Waals surface area contributed by atoms with Crippen LogP contribution in [0.2, 0.25) is 0 Å². The summed E-state index contributed by atoms with van der Waals surface area (Å²) in [5.74, 6) is 2.10. The summed E-state index contributed by atoms with van der Waals surface area (Å²) in [6, 6.07) is 5.98. The number of nitrogens with one attached hydrogen (secondary N) is 1. The first-order valence-corrected chi connectivity index (χ1v) is 9.18. The van der Waals surface area contributed by atoms with Gasteiger partial charge in [-0.1, -0.05) is 19.9 Å². The minimum atomic E-state index is -0.0649.